The Hall–Kier alpha value is -0.993. The fraction of sp³-hybridized carbons (Fsp3) is 0.667. The van der Waals surface area contributed by atoms with Gasteiger partial charge in [-0.2, -0.15) is 0 Å². The fourth-order valence-corrected chi connectivity index (χ4v) is 4.40. The standard InChI is InChI=1S/C21H34Cl2N2O4Si/c1-21(2,3)29-20(26)25-12-14(24)11-16(25)18-17(8-7-15(22)19(18)23)28-13-27-9-10-30(4,5)6/h7-8,14,16H,9-13,24H2,1-6H3/t14?,16-/m1/s1. The van der Waals surface area contributed by atoms with Gasteiger partial charge in [-0.05, 0) is 45.4 Å². The molecule has 2 atom stereocenters. The van der Waals surface area contributed by atoms with E-state index in [9.17, 15) is 4.79 Å². The number of ether oxygens (including phenoxy) is 3. The van der Waals surface area contributed by atoms with Crippen molar-refractivity contribution in [1.82, 2.24) is 4.90 Å². The summed E-state index contributed by atoms with van der Waals surface area (Å²) in [5.41, 5.74) is 6.21. The van der Waals surface area contributed by atoms with Crippen LogP contribution in [0.25, 0.3) is 0 Å². The summed E-state index contributed by atoms with van der Waals surface area (Å²) in [7, 11) is -1.18. The molecule has 6 nitrogen and oxygen atoms in total. The molecule has 2 N–H and O–H groups in total. The van der Waals surface area contributed by atoms with E-state index in [0.717, 1.165) is 6.04 Å². The van der Waals surface area contributed by atoms with Gasteiger partial charge in [0.15, 0.2) is 6.79 Å². The molecule has 0 radical (unpaired) electrons. The molecule has 1 amide bonds. The Morgan fingerprint density at radius 3 is 2.53 bits per heavy atom. The molecule has 0 spiro atoms. The molecule has 0 bridgehead atoms. The summed E-state index contributed by atoms with van der Waals surface area (Å²) in [4.78, 5) is 14.4. The number of hydrogen-bond acceptors (Lipinski definition) is 5. The normalized spacial score (nSPS) is 19.8. The summed E-state index contributed by atoms with van der Waals surface area (Å²) >= 11 is 12.9. The quantitative estimate of drug-likeness (QED) is 0.310. The van der Waals surface area contributed by atoms with Crippen molar-refractivity contribution in [2.75, 3.05) is 19.9 Å². The van der Waals surface area contributed by atoms with E-state index < -0.39 is 25.8 Å². The number of likely N-dealkylation sites (tertiary alicyclic amines) is 1. The molecule has 1 aliphatic heterocycles. The highest BCUT2D eigenvalue weighted by Gasteiger charge is 2.39. The van der Waals surface area contributed by atoms with E-state index in [1.807, 2.05) is 20.8 Å². The Balaban J connectivity index is 2.21. The van der Waals surface area contributed by atoms with Gasteiger partial charge in [-0.15, -0.1) is 0 Å². The average molecular weight is 478 g/mol. The molecule has 1 aromatic carbocycles. The van der Waals surface area contributed by atoms with E-state index in [-0.39, 0.29) is 12.8 Å². The zero-order valence-electron chi connectivity index (χ0n) is 18.8. The molecule has 1 fully saturated rings. The van der Waals surface area contributed by atoms with Crippen molar-refractivity contribution in [2.45, 2.75) is 70.6 Å². The van der Waals surface area contributed by atoms with E-state index >= 15 is 0 Å². The van der Waals surface area contributed by atoms with Crippen LogP contribution in [0, 0.1) is 0 Å². The molecule has 0 saturated carbocycles. The van der Waals surface area contributed by atoms with Gasteiger partial charge in [0.1, 0.15) is 11.4 Å². The lowest BCUT2D eigenvalue weighted by Crippen LogP contribution is -2.38. The molecule has 9 heteroatoms. The number of carbonyl (C=O) groups excluding carboxylic acids is 1. The molecule has 1 heterocycles. The molecule has 0 aromatic heterocycles. The lowest BCUT2D eigenvalue weighted by Gasteiger charge is -2.30. The van der Waals surface area contributed by atoms with Crippen LogP contribution in [0.2, 0.25) is 35.7 Å². The van der Waals surface area contributed by atoms with Crippen LogP contribution in [0.4, 0.5) is 4.79 Å². The second kappa shape index (κ2) is 10.1. The third-order valence-corrected chi connectivity index (χ3v) is 7.20. The summed E-state index contributed by atoms with van der Waals surface area (Å²) in [5, 5.41) is 0.743. The lowest BCUT2D eigenvalue weighted by molar-refractivity contribution is 0.0170. The van der Waals surface area contributed by atoms with Gasteiger partial charge in [0.25, 0.3) is 0 Å². The van der Waals surface area contributed by atoms with E-state index in [0.29, 0.717) is 40.9 Å². The fourth-order valence-electron chi connectivity index (χ4n) is 3.19. The molecule has 2 rings (SSSR count). The third kappa shape index (κ3) is 7.30. The van der Waals surface area contributed by atoms with Gasteiger partial charge in [0, 0.05) is 32.8 Å². The molecule has 1 aliphatic rings. The van der Waals surface area contributed by atoms with Crippen molar-refractivity contribution < 1.29 is 19.0 Å². The van der Waals surface area contributed by atoms with E-state index in [1.165, 1.54) is 0 Å². The first-order valence-corrected chi connectivity index (χ1v) is 14.7. The maximum Gasteiger partial charge on any atom is 0.410 e. The Kier molecular flexibility index (Phi) is 8.49. The number of nitrogens with zero attached hydrogens (tertiary/aromatic N) is 1. The van der Waals surface area contributed by atoms with Crippen molar-refractivity contribution in [3.8, 4) is 5.75 Å². The summed E-state index contributed by atoms with van der Waals surface area (Å²) in [6, 6.07) is 3.89. The smallest absolute Gasteiger partial charge is 0.410 e. The Labute approximate surface area is 190 Å². The maximum absolute atomic E-state index is 12.8. The molecule has 170 valence electrons. The van der Waals surface area contributed by atoms with Crippen LogP contribution in [-0.4, -0.2) is 50.7 Å². The largest absolute Gasteiger partial charge is 0.467 e. The van der Waals surface area contributed by atoms with Crippen molar-refractivity contribution in [3.05, 3.63) is 27.7 Å². The third-order valence-electron chi connectivity index (χ3n) is 4.68. The zero-order valence-corrected chi connectivity index (χ0v) is 21.3. The van der Waals surface area contributed by atoms with Crippen LogP contribution in [0.1, 0.15) is 38.8 Å². The minimum absolute atomic E-state index is 0.0979. The average Bonchev–Trinajstić information content (AvgIpc) is 2.97. The van der Waals surface area contributed by atoms with Gasteiger partial charge >= 0.3 is 6.09 Å². The maximum atomic E-state index is 12.8. The topological polar surface area (TPSA) is 74.0 Å². The predicted octanol–water partition coefficient (Wildman–Crippen LogP) is 5.69. The predicted molar refractivity (Wildman–Crippen MR) is 124 cm³/mol. The van der Waals surface area contributed by atoms with Crippen molar-refractivity contribution in [2.24, 2.45) is 5.73 Å². The summed E-state index contributed by atoms with van der Waals surface area (Å²) in [6.07, 6.45) is 0.0976. The van der Waals surface area contributed by atoms with Crippen LogP contribution in [0.3, 0.4) is 0 Å². The Morgan fingerprint density at radius 2 is 1.93 bits per heavy atom. The molecule has 1 saturated heterocycles. The lowest BCUT2D eigenvalue weighted by atomic mass is 10.0. The molecule has 1 aromatic rings. The highest BCUT2D eigenvalue weighted by molar-refractivity contribution is 6.76. The number of amides is 1. The van der Waals surface area contributed by atoms with Crippen LogP contribution in [-0.2, 0) is 9.47 Å². The highest BCUT2D eigenvalue weighted by atomic mass is 35.5. The van der Waals surface area contributed by atoms with Crippen molar-refractivity contribution in [3.63, 3.8) is 0 Å². The van der Waals surface area contributed by atoms with Gasteiger partial charge in [0.2, 0.25) is 0 Å². The van der Waals surface area contributed by atoms with E-state index in [2.05, 4.69) is 19.6 Å². The number of hydrogen-bond donors (Lipinski definition) is 1. The summed E-state index contributed by atoms with van der Waals surface area (Å²) in [5.74, 6) is 0.532. The van der Waals surface area contributed by atoms with Crippen LogP contribution >= 0.6 is 23.2 Å². The zero-order chi connectivity index (χ0) is 22.7. The van der Waals surface area contributed by atoms with Crippen molar-refractivity contribution >= 4 is 37.4 Å². The second-order valence-electron chi connectivity index (χ2n) is 9.90. The van der Waals surface area contributed by atoms with Gasteiger partial charge in [-0.3, -0.25) is 4.90 Å². The minimum Gasteiger partial charge on any atom is -0.467 e. The van der Waals surface area contributed by atoms with E-state index in [1.54, 1.807) is 17.0 Å². The first-order chi connectivity index (χ1) is 13.8. The first kappa shape index (κ1) is 25.3. The van der Waals surface area contributed by atoms with Gasteiger partial charge in [-0.1, -0.05) is 42.8 Å². The highest BCUT2D eigenvalue weighted by Crippen LogP contribution is 2.44. The molecular weight excluding hydrogens is 443 g/mol. The van der Waals surface area contributed by atoms with Crippen molar-refractivity contribution in [1.29, 1.82) is 0 Å². The summed E-state index contributed by atoms with van der Waals surface area (Å²) in [6.45, 7) is 13.5. The molecule has 0 aliphatic carbocycles. The first-order valence-electron chi connectivity index (χ1n) is 10.2. The van der Waals surface area contributed by atoms with Crippen LogP contribution in [0.15, 0.2) is 12.1 Å². The van der Waals surface area contributed by atoms with Gasteiger partial charge < -0.3 is 19.9 Å². The number of rotatable bonds is 7. The van der Waals surface area contributed by atoms with Gasteiger partial charge in [-0.25, -0.2) is 4.79 Å². The monoisotopic (exact) mass is 476 g/mol. The van der Waals surface area contributed by atoms with E-state index in [4.69, 9.17) is 43.1 Å². The Morgan fingerprint density at radius 1 is 1.27 bits per heavy atom. The molecule has 30 heavy (non-hydrogen) atoms. The number of benzene rings is 1. The van der Waals surface area contributed by atoms with Crippen LogP contribution in [0.5, 0.6) is 5.75 Å². The van der Waals surface area contributed by atoms with Gasteiger partial charge in [0.05, 0.1) is 16.1 Å². The number of carbonyl (C=O) groups is 1. The number of nitrogens with two attached hydrogens (primary N) is 1. The second-order valence-corrected chi connectivity index (χ2v) is 16.3. The Bertz CT molecular complexity index is 750. The number of halogens is 2. The summed E-state index contributed by atoms with van der Waals surface area (Å²) < 4.78 is 17.1. The molecule has 1 unspecified atom stereocenters. The SMILES string of the molecule is CC(C)(C)OC(=O)N1CC(N)C[C@@H]1c1c(OCOCC[Si](C)(C)C)ccc(Cl)c1Cl. The van der Waals surface area contributed by atoms with Crippen LogP contribution < -0.4 is 10.5 Å². The minimum atomic E-state index is -1.18. The molecular formula is C21H34Cl2N2O4Si.